The number of carbonyl (C=O) groups is 1. The highest BCUT2D eigenvalue weighted by Crippen LogP contribution is 2.18. The van der Waals surface area contributed by atoms with E-state index >= 15 is 0 Å². The number of thiophene rings is 1. The van der Waals surface area contributed by atoms with Crippen LogP contribution in [0.3, 0.4) is 0 Å². The Morgan fingerprint density at radius 2 is 2.53 bits per heavy atom. The van der Waals surface area contributed by atoms with Gasteiger partial charge in [0.15, 0.2) is 6.04 Å². The monoisotopic (exact) mass is 261 g/mol. The summed E-state index contributed by atoms with van der Waals surface area (Å²) in [7, 11) is 0. The number of carboxylic acids is 1. The van der Waals surface area contributed by atoms with Crippen LogP contribution in [-0.2, 0) is 4.79 Å². The minimum atomic E-state index is -0.910. The summed E-state index contributed by atoms with van der Waals surface area (Å²) in [4.78, 5) is 11.0. The van der Waals surface area contributed by atoms with Crippen LogP contribution in [0.15, 0.2) is 16.8 Å². The summed E-state index contributed by atoms with van der Waals surface area (Å²) in [5.74, 6) is -0.0746. The third kappa shape index (κ3) is 3.81. The second-order valence-corrected chi connectivity index (χ2v) is 5.41. The van der Waals surface area contributed by atoms with Gasteiger partial charge in [-0.2, -0.15) is 11.3 Å². The molecule has 0 aliphatic rings. The molecular formula is C9H11NO2S3. The van der Waals surface area contributed by atoms with Gasteiger partial charge in [0, 0.05) is 0 Å². The lowest BCUT2D eigenvalue weighted by atomic mass is 10.1. The van der Waals surface area contributed by atoms with E-state index in [2.05, 4.69) is 5.32 Å². The molecule has 2 N–H and O–H groups in total. The van der Waals surface area contributed by atoms with Crippen molar-refractivity contribution in [3.05, 3.63) is 22.4 Å². The van der Waals surface area contributed by atoms with Crippen molar-refractivity contribution in [1.82, 2.24) is 5.32 Å². The summed E-state index contributed by atoms with van der Waals surface area (Å²) in [6.07, 6.45) is 0. The zero-order valence-corrected chi connectivity index (χ0v) is 10.5. The molecule has 0 radical (unpaired) electrons. The molecule has 0 aliphatic carbocycles. The molecule has 1 aromatic rings. The van der Waals surface area contributed by atoms with Gasteiger partial charge in [-0.3, -0.25) is 0 Å². The van der Waals surface area contributed by atoms with Crippen molar-refractivity contribution in [3.8, 4) is 0 Å². The van der Waals surface area contributed by atoms with Crippen molar-refractivity contribution in [2.45, 2.75) is 13.0 Å². The molecule has 1 atom stereocenters. The van der Waals surface area contributed by atoms with Crippen LogP contribution in [0.4, 0.5) is 0 Å². The molecule has 1 rings (SSSR count). The van der Waals surface area contributed by atoms with Crippen LogP contribution >= 0.6 is 35.3 Å². The predicted molar refractivity (Wildman–Crippen MR) is 68.6 cm³/mol. The molecule has 0 amide bonds. The van der Waals surface area contributed by atoms with Gasteiger partial charge in [0.25, 0.3) is 0 Å². The SMILES string of the molecule is CCSC(=S)N[C@H](C(=O)O)c1ccsc1. The van der Waals surface area contributed by atoms with E-state index in [-0.39, 0.29) is 0 Å². The molecular weight excluding hydrogens is 250 g/mol. The van der Waals surface area contributed by atoms with Crippen molar-refractivity contribution in [3.63, 3.8) is 0 Å². The first-order valence-corrected chi connectivity index (χ1v) is 6.67. The van der Waals surface area contributed by atoms with Crippen molar-refractivity contribution < 1.29 is 9.90 Å². The van der Waals surface area contributed by atoms with E-state index in [4.69, 9.17) is 17.3 Å². The predicted octanol–water partition coefficient (Wildman–Crippen LogP) is 2.50. The molecule has 1 heterocycles. The van der Waals surface area contributed by atoms with Crippen molar-refractivity contribution in [2.24, 2.45) is 0 Å². The fourth-order valence-electron chi connectivity index (χ4n) is 1.02. The van der Waals surface area contributed by atoms with Crippen LogP contribution < -0.4 is 5.32 Å². The molecule has 0 bridgehead atoms. The summed E-state index contributed by atoms with van der Waals surface area (Å²) in [5.41, 5.74) is 0.742. The van der Waals surface area contributed by atoms with Crippen molar-refractivity contribution >= 4 is 45.6 Å². The lowest BCUT2D eigenvalue weighted by Gasteiger charge is -2.14. The molecule has 82 valence electrons. The fraction of sp³-hybridized carbons (Fsp3) is 0.333. The molecule has 0 aromatic carbocycles. The number of rotatable bonds is 4. The first-order valence-electron chi connectivity index (χ1n) is 4.33. The second-order valence-electron chi connectivity index (χ2n) is 2.69. The zero-order valence-electron chi connectivity index (χ0n) is 8.10. The summed E-state index contributed by atoms with van der Waals surface area (Å²) in [6.45, 7) is 1.97. The van der Waals surface area contributed by atoms with Gasteiger partial charge in [-0.1, -0.05) is 30.9 Å². The summed E-state index contributed by atoms with van der Waals surface area (Å²) < 4.78 is 0.524. The van der Waals surface area contributed by atoms with E-state index in [0.29, 0.717) is 4.32 Å². The van der Waals surface area contributed by atoms with E-state index < -0.39 is 12.0 Å². The minimum absolute atomic E-state index is 0.524. The average Bonchev–Trinajstić information content (AvgIpc) is 2.66. The van der Waals surface area contributed by atoms with Crippen LogP contribution in [0.25, 0.3) is 0 Å². The minimum Gasteiger partial charge on any atom is -0.479 e. The van der Waals surface area contributed by atoms with Gasteiger partial charge in [0.2, 0.25) is 0 Å². The maximum atomic E-state index is 11.0. The highest BCUT2D eigenvalue weighted by molar-refractivity contribution is 8.22. The van der Waals surface area contributed by atoms with Gasteiger partial charge in [0.1, 0.15) is 4.32 Å². The highest BCUT2D eigenvalue weighted by Gasteiger charge is 2.20. The van der Waals surface area contributed by atoms with E-state index in [1.165, 1.54) is 23.1 Å². The fourth-order valence-corrected chi connectivity index (χ4v) is 2.64. The number of hydrogen-bond donors (Lipinski definition) is 2. The van der Waals surface area contributed by atoms with Crippen molar-refractivity contribution in [1.29, 1.82) is 0 Å². The van der Waals surface area contributed by atoms with E-state index in [9.17, 15) is 4.79 Å². The first-order chi connectivity index (χ1) is 7.15. The molecule has 0 unspecified atom stereocenters. The zero-order chi connectivity index (χ0) is 11.3. The smallest absolute Gasteiger partial charge is 0.330 e. The molecule has 0 saturated carbocycles. The van der Waals surface area contributed by atoms with Gasteiger partial charge >= 0.3 is 5.97 Å². The second kappa shape index (κ2) is 6.09. The lowest BCUT2D eigenvalue weighted by Crippen LogP contribution is -2.30. The normalized spacial score (nSPS) is 12.1. The largest absolute Gasteiger partial charge is 0.479 e. The van der Waals surface area contributed by atoms with Crippen molar-refractivity contribution in [2.75, 3.05) is 5.75 Å². The number of nitrogens with one attached hydrogen (secondary N) is 1. The van der Waals surface area contributed by atoms with Crippen LogP contribution in [0.1, 0.15) is 18.5 Å². The van der Waals surface area contributed by atoms with Gasteiger partial charge in [-0.15, -0.1) is 0 Å². The Labute approximate surface area is 102 Å². The third-order valence-corrected chi connectivity index (χ3v) is 3.50. The van der Waals surface area contributed by atoms with E-state index in [1.807, 2.05) is 17.7 Å². The first kappa shape index (κ1) is 12.5. The van der Waals surface area contributed by atoms with E-state index in [0.717, 1.165) is 11.3 Å². The lowest BCUT2D eigenvalue weighted by molar-refractivity contribution is -0.139. The van der Waals surface area contributed by atoms with Gasteiger partial charge < -0.3 is 10.4 Å². The van der Waals surface area contributed by atoms with Crippen LogP contribution in [-0.4, -0.2) is 21.1 Å². The van der Waals surface area contributed by atoms with Crippen LogP contribution in [0.5, 0.6) is 0 Å². The quantitative estimate of drug-likeness (QED) is 0.816. The Morgan fingerprint density at radius 3 is 3.00 bits per heavy atom. The molecule has 0 aliphatic heterocycles. The molecule has 0 saturated heterocycles. The molecule has 0 spiro atoms. The average molecular weight is 261 g/mol. The molecule has 0 fully saturated rings. The van der Waals surface area contributed by atoms with E-state index in [1.54, 1.807) is 6.07 Å². The number of thiocarbonyl (C=S) groups is 1. The summed E-state index contributed by atoms with van der Waals surface area (Å²) in [5, 5.41) is 15.5. The Morgan fingerprint density at radius 1 is 1.80 bits per heavy atom. The van der Waals surface area contributed by atoms with Gasteiger partial charge in [-0.05, 0) is 28.1 Å². The van der Waals surface area contributed by atoms with Gasteiger partial charge in [-0.25, -0.2) is 4.79 Å². The summed E-state index contributed by atoms with van der Waals surface area (Å²) >= 11 is 7.92. The third-order valence-electron chi connectivity index (χ3n) is 1.66. The highest BCUT2D eigenvalue weighted by atomic mass is 32.2. The van der Waals surface area contributed by atoms with Crippen LogP contribution in [0.2, 0.25) is 0 Å². The maximum Gasteiger partial charge on any atom is 0.330 e. The number of thioether (sulfide) groups is 1. The van der Waals surface area contributed by atoms with Gasteiger partial charge in [0.05, 0.1) is 0 Å². The topological polar surface area (TPSA) is 49.3 Å². The molecule has 15 heavy (non-hydrogen) atoms. The number of carboxylic acid groups (broad SMARTS) is 1. The molecule has 1 aromatic heterocycles. The Bertz CT molecular complexity index is 337. The Hall–Kier alpha value is -0.590. The number of hydrogen-bond acceptors (Lipinski definition) is 4. The molecule has 3 nitrogen and oxygen atoms in total. The Balaban J connectivity index is 2.68. The standard InChI is InChI=1S/C9H11NO2S3/c1-2-15-9(13)10-7(8(11)12)6-3-4-14-5-6/h3-5,7H,2H2,1H3,(H,10,13)(H,11,12)/t7-/m0/s1. The van der Waals surface area contributed by atoms with Crippen LogP contribution in [0, 0.1) is 0 Å². The number of aliphatic carboxylic acids is 1. The molecule has 6 heteroatoms. The maximum absolute atomic E-state index is 11.0. The summed E-state index contributed by atoms with van der Waals surface area (Å²) in [6, 6.07) is 1.05. The Kier molecular flexibility index (Phi) is 5.07.